The van der Waals surface area contributed by atoms with Crippen molar-refractivity contribution in [3.05, 3.63) is 52.0 Å². The van der Waals surface area contributed by atoms with Crippen molar-refractivity contribution in [1.29, 1.82) is 0 Å². The molecule has 3 nitrogen and oxygen atoms in total. The zero-order chi connectivity index (χ0) is 12.5. The van der Waals surface area contributed by atoms with E-state index in [1.54, 1.807) is 11.3 Å². The van der Waals surface area contributed by atoms with Crippen LogP contribution in [0.2, 0.25) is 0 Å². The van der Waals surface area contributed by atoms with Gasteiger partial charge >= 0.3 is 0 Å². The minimum atomic E-state index is 0.562. The molecule has 0 radical (unpaired) electrons. The van der Waals surface area contributed by atoms with E-state index >= 15 is 0 Å². The van der Waals surface area contributed by atoms with Crippen LogP contribution in [0.3, 0.4) is 0 Å². The highest BCUT2D eigenvalue weighted by atomic mass is 32.1. The van der Waals surface area contributed by atoms with Crippen LogP contribution in [0.5, 0.6) is 0 Å². The van der Waals surface area contributed by atoms with Crippen molar-refractivity contribution in [2.45, 2.75) is 13.0 Å². The summed E-state index contributed by atoms with van der Waals surface area (Å²) < 4.78 is 2.16. The summed E-state index contributed by atoms with van der Waals surface area (Å²) in [5.41, 5.74) is 8.99. The molecule has 2 N–H and O–H groups in total. The third-order valence-corrected chi connectivity index (χ3v) is 4.06. The SMILES string of the molecule is Cn1c(Cc2cccs2)nc2cc(CN)ccc21. The van der Waals surface area contributed by atoms with Crippen LogP contribution in [-0.2, 0) is 20.0 Å². The average Bonchev–Trinajstić information content (AvgIpc) is 2.99. The maximum absolute atomic E-state index is 5.66. The van der Waals surface area contributed by atoms with Gasteiger partial charge in [-0.3, -0.25) is 0 Å². The van der Waals surface area contributed by atoms with Crippen LogP contribution in [0.15, 0.2) is 35.7 Å². The predicted octanol–water partition coefficient (Wildman–Crippen LogP) is 2.68. The number of aryl methyl sites for hydroxylation is 1. The molecule has 2 heterocycles. The van der Waals surface area contributed by atoms with Crippen LogP contribution in [0.4, 0.5) is 0 Å². The second-order valence-corrected chi connectivity index (χ2v) is 5.40. The Balaban J connectivity index is 2.05. The number of rotatable bonds is 3. The molecule has 0 aliphatic heterocycles. The molecule has 0 bridgehead atoms. The monoisotopic (exact) mass is 257 g/mol. The van der Waals surface area contributed by atoms with E-state index in [2.05, 4.69) is 47.3 Å². The molecule has 1 aromatic carbocycles. The van der Waals surface area contributed by atoms with Gasteiger partial charge in [0.25, 0.3) is 0 Å². The van der Waals surface area contributed by atoms with Crippen LogP contribution < -0.4 is 5.73 Å². The average molecular weight is 257 g/mol. The van der Waals surface area contributed by atoms with Crippen LogP contribution in [-0.4, -0.2) is 9.55 Å². The molecule has 0 saturated heterocycles. The Hall–Kier alpha value is -1.65. The number of benzene rings is 1. The molecule has 2 aromatic heterocycles. The third kappa shape index (κ3) is 1.94. The maximum Gasteiger partial charge on any atom is 0.114 e. The van der Waals surface area contributed by atoms with Crippen LogP contribution in [0.1, 0.15) is 16.3 Å². The molecule has 0 fully saturated rings. The molecule has 0 amide bonds. The van der Waals surface area contributed by atoms with E-state index in [9.17, 15) is 0 Å². The van der Waals surface area contributed by atoms with E-state index in [0.717, 1.165) is 23.3 Å². The number of nitrogens with zero attached hydrogens (tertiary/aromatic N) is 2. The van der Waals surface area contributed by atoms with E-state index in [0.29, 0.717) is 6.54 Å². The molecule has 0 atom stereocenters. The summed E-state index contributed by atoms with van der Waals surface area (Å²) in [6.45, 7) is 0.562. The fraction of sp³-hybridized carbons (Fsp3) is 0.214. The molecule has 3 aromatic rings. The lowest BCUT2D eigenvalue weighted by Gasteiger charge is -2.00. The first kappa shape index (κ1) is 11.4. The largest absolute Gasteiger partial charge is 0.331 e. The van der Waals surface area contributed by atoms with Crippen molar-refractivity contribution in [2.75, 3.05) is 0 Å². The Morgan fingerprint density at radius 3 is 2.94 bits per heavy atom. The first-order valence-electron chi connectivity index (χ1n) is 5.94. The van der Waals surface area contributed by atoms with Crippen molar-refractivity contribution >= 4 is 22.4 Å². The molecule has 3 rings (SSSR count). The quantitative estimate of drug-likeness (QED) is 0.784. The molecule has 92 valence electrons. The lowest BCUT2D eigenvalue weighted by molar-refractivity contribution is 0.850. The van der Waals surface area contributed by atoms with Gasteiger partial charge in [0.15, 0.2) is 0 Å². The number of aromatic nitrogens is 2. The van der Waals surface area contributed by atoms with Gasteiger partial charge in [-0.15, -0.1) is 11.3 Å². The molecule has 0 aliphatic rings. The summed E-state index contributed by atoms with van der Waals surface area (Å²) in [7, 11) is 2.07. The highest BCUT2D eigenvalue weighted by Gasteiger charge is 2.09. The first-order valence-corrected chi connectivity index (χ1v) is 6.82. The fourth-order valence-corrected chi connectivity index (χ4v) is 2.85. The number of nitrogens with two attached hydrogens (primary N) is 1. The number of thiophene rings is 1. The van der Waals surface area contributed by atoms with Crippen LogP contribution in [0, 0.1) is 0 Å². The molecule has 0 spiro atoms. The number of imidazole rings is 1. The van der Waals surface area contributed by atoms with E-state index in [-0.39, 0.29) is 0 Å². The lowest BCUT2D eigenvalue weighted by Crippen LogP contribution is -1.97. The zero-order valence-corrected chi connectivity index (χ0v) is 11.1. The predicted molar refractivity (Wildman–Crippen MR) is 75.7 cm³/mol. The summed E-state index contributed by atoms with van der Waals surface area (Å²) >= 11 is 1.77. The summed E-state index contributed by atoms with van der Waals surface area (Å²) in [5, 5.41) is 2.10. The molecule has 0 unspecified atom stereocenters. The van der Waals surface area contributed by atoms with Gasteiger partial charge in [0.05, 0.1) is 11.0 Å². The molecular formula is C14H15N3S. The van der Waals surface area contributed by atoms with Gasteiger partial charge in [-0.2, -0.15) is 0 Å². The van der Waals surface area contributed by atoms with Gasteiger partial charge in [0.1, 0.15) is 5.82 Å². The van der Waals surface area contributed by atoms with Gasteiger partial charge in [0, 0.05) is 24.9 Å². The summed E-state index contributed by atoms with van der Waals surface area (Å²) in [6.07, 6.45) is 0.890. The highest BCUT2D eigenvalue weighted by molar-refractivity contribution is 7.09. The smallest absolute Gasteiger partial charge is 0.114 e. The van der Waals surface area contributed by atoms with Gasteiger partial charge in [-0.05, 0) is 29.1 Å². The highest BCUT2D eigenvalue weighted by Crippen LogP contribution is 2.20. The minimum Gasteiger partial charge on any atom is -0.331 e. The van der Waals surface area contributed by atoms with Crippen molar-refractivity contribution in [2.24, 2.45) is 12.8 Å². The number of hydrogen-bond donors (Lipinski definition) is 1. The van der Waals surface area contributed by atoms with Gasteiger partial charge in [0.2, 0.25) is 0 Å². The van der Waals surface area contributed by atoms with Crippen molar-refractivity contribution < 1.29 is 0 Å². The molecular weight excluding hydrogens is 242 g/mol. The second kappa shape index (κ2) is 4.55. The Labute approximate surface area is 110 Å². The van der Waals surface area contributed by atoms with Crippen molar-refractivity contribution in [1.82, 2.24) is 9.55 Å². The Morgan fingerprint density at radius 2 is 2.22 bits per heavy atom. The zero-order valence-electron chi connectivity index (χ0n) is 10.3. The Morgan fingerprint density at radius 1 is 1.33 bits per heavy atom. The molecule has 4 heteroatoms. The van der Waals surface area contributed by atoms with Crippen molar-refractivity contribution in [3.63, 3.8) is 0 Å². The molecule has 0 aliphatic carbocycles. The van der Waals surface area contributed by atoms with Crippen molar-refractivity contribution in [3.8, 4) is 0 Å². The number of hydrogen-bond acceptors (Lipinski definition) is 3. The summed E-state index contributed by atoms with van der Waals surface area (Å²) in [5.74, 6) is 1.10. The Bertz CT molecular complexity index is 668. The van der Waals surface area contributed by atoms with Crippen LogP contribution >= 0.6 is 11.3 Å². The minimum absolute atomic E-state index is 0.562. The third-order valence-electron chi connectivity index (χ3n) is 3.19. The lowest BCUT2D eigenvalue weighted by atomic mass is 10.2. The van der Waals surface area contributed by atoms with E-state index in [4.69, 9.17) is 10.7 Å². The van der Waals surface area contributed by atoms with E-state index in [1.807, 2.05) is 0 Å². The molecule has 0 saturated carbocycles. The fourth-order valence-electron chi connectivity index (χ4n) is 2.15. The van der Waals surface area contributed by atoms with Gasteiger partial charge in [-0.1, -0.05) is 12.1 Å². The topological polar surface area (TPSA) is 43.8 Å². The van der Waals surface area contributed by atoms with Gasteiger partial charge < -0.3 is 10.3 Å². The molecule has 18 heavy (non-hydrogen) atoms. The maximum atomic E-state index is 5.66. The van der Waals surface area contributed by atoms with E-state index < -0.39 is 0 Å². The number of fused-ring (bicyclic) bond motifs is 1. The normalized spacial score (nSPS) is 11.2. The van der Waals surface area contributed by atoms with Crippen LogP contribution in [0.25, 0.3) is 11.0 Å². The Kier molecular flexibility index (Phi) is 2.89. The second-order valence-electron chi connectivity index (χ2n) is 4.37. The summed E-state index contributed by atoms with van der Waals surface area (Å²) in [4.78, 5) is 6.05. The summed E-state index contributed by atoms with van der Waals surface area (Å²) in [6, 6.07) is 10.5. The first-order chi connectivity index (χ1) is 8.78. The van der Waals surface area contributed by atoms with Gasteiger partial charge in [-0.25, -0.2) is 4.98 Å². The van der Waals surface area contributed by atoms with E-state index in [1.165, 1.54) is 10.4 Å². The standard InChI is InChI=1S/C14H15N3S/c1-17-13-5-4-10(9-15)7-12(13)16-14(17)8-11-3-2-6-18-11/h2-7H,8-9,15H2,1H3.